The highest BCUT2D eigenvalue weighted by Crippen LogP contribution is 2.44. The second-order valence-corrected chi connectivity index (χ2v) is 18.9. The fourth-order valence-corrected chi connectivity index (χ4v) is 9.18. The van der Waals surface area contributed by atoms with Crippen LogP contribution in [0.4, 0.5) is 9.59 Å². The zero-order valence-electron chi connectivity index (χ0n) is 40.5. The summed E-state index contributed by atoms with van der Waals surface area (Å²) in [6.45, 7) is 13.4. The smallest absolute Gasteiger partial charge is 0.413 e. The molecule has 17 heteroatoms. The molecule has 2 aromatic carbocycles. The van der Waals surface area contributed by atoms with E-state index in [0.29, 0.717) is 53.3 Å². The van der Waals surface area contributed by atoms with E-state index in [9.17, 15) is 38.4 Å². The van der Waals surface area contributed by atoms with Crippen molar-refractivity contribution in [2.24, 2.45) is 23.7 Å². The highest BCUT2D eigenvalue weighted by atomic mass is 35.5. The van der Waals surface area contributed by atoms with Gasteiger partial charge in [0.05, 0.1) is 11.8 Å². The first-order valence-corrected chi connectivity index (χ1v) is 24.1. The fraction of sp³-hybridized carbons (Fsp3) is 0.600. The Morgan fingerprint density at radius 1 is 0.642 bits per heavy atom. The van der Waals surface area contributed by atoms with E-state index in [4.69, 9.17) is 54.1 Å². The molecule has 372 valence electrons. The van der Waals surface area contributed by atoms with Crippen LogP contribution in [-0.4, -0.2) is 88.1 Å². The first-order valence-electron chi connectivity index (χ1n) is 22.9. The van der Waals surface area contributed by atoms with Crippen LogP contribution < -0.4 is 0 Å². The molecule has 0 saturated heterocycles. The number of alkyl halides is 1. The minimum Gasteiger partial charge on any atom is -0.481 e. The number of carboxylic acid groups (broad SMARTS) is 1. The van der Waals surface area contributed by atoms with Crippen LogP contribution in [0.15, 0.2) is 48.5 Å². The van der Waals surface area contributed by atoms with Gasteiger partial charge in [-0.3, -0.25) is 29.0 Å². The van der Waals surface area contributed by atoms with E-state index in [1.54, 1.807) is 56.4 Å². The number of halogens is 3. The van der Waals surface area contributed by atoms with Crippen molar-refractivity contribution in [1.29, 1.82) is 0 Å². The molecule has 2 aliphatic carbocycles. The van der Waals surface area contributed by atoms with E-state index < -0.39 is 58.9 Å². The number of ketones is 4. The average molecular weight is 996 g/mol. The van der Waals surface area contributed by atoms with Crippen LogP contribution in [0.2, 0.25) is 10.0 Å². The number of hydrogen-bond donors (Lipinski definition) is 1. The number of carboxylic acids is 1. The van der Waals surface area contributed by atoms with Crippen LogP contribution in [0, 0.1) is 23.7 Å². The summed E-state index contributed by atoms with van der Waals surface area (Å²) < 4.78 is 15.8. The van der Waals surface area contributed by atoms with E-state index in [1.807, 2.05) is 33.8 Å². The lowest BCUT2D eigenvalue weighted by atomic mass is 9.74. The summed E-state index contributed by atoms with van der Waals surface area (Å²) in [4.78, 5) is 99.6. The molecule has 0 heterocycles. The van der Waals surface area contributed by atoms with Gasteiger partial charge in [-0.15, -0.1) is 0 Å². The zero-order valence-corrected chi connectivity index (χ0v) is 42.8. The van der Waals surface area contributed by atoms with Crippen molar-refractivity contribution in [2.45, 2.75) is 155 Å². The van der Waals surface area contributed by atoms with Gasteiger partial charge < -0.3 is 28.9 Å². The third kappa shape index (κ3) is 15.8. The van der Waals surface area contributed by atoms with Crippen molar-refractivity contribution in [1.82, 2.24) is 9.80 Å². The molecule has 0 bridgehead atoms. The monoisotopic (exact) mass is 994 g/mol. The maximum absolute atomic E-state index is 13.2. The summed E-state index contributed by atoms with van der Waals surface area (Å²) >= 11 is 18.5. The van der Waals surface area contributed by atoms with Crippen molar-refractivity contribution in [2.75, 3.05) is 14.1 Å². The highest BCUT2D eigenvalue weighted by molar-refractivity contribution is 6.32. The first kappa shape index (κ1) is 58.6. The molecule has 2 fully saturated rings. The number of hydrogen-bond acceptors (Lipinski definition) is 11. The third-order valence-electron chi connectivity index (χ3n) is 12.7. The number of carbonyl (C=O) groups excluding carboxylic acids is 7. The quantitative estimate of drug-likeness (QED) is 0.0897. The molecule has 2 amide bonds. The average Bonchev–Trinajstić information content (AvgIpc) is 3.27. The SMILES string of the molecule is CC(Cl)OC(=O)N(C)[C@]1(c2ccccc2Cl)CCCCC1=O.CCC(C)[C@H](CC(C)=O)C(=O)O.CCC(C)[C@H](CC(C)=O)C(=O)OC(C)OC(=O)N(C)[C@]1(c2ccccc2Cl)CCCCC1=O. The number of esters is 1. The molecule has 8 atom stereocenters. The predicted molar refractivity (Wildman–Crippen MR) is 257 cm³/mol. The number of likely N-dealkylation sites (N-methyl/N-ethyl adjacent to an activating group) is 2. The largest absolute Gasteiger partial charge is 0.481 e. The van der Waals surface area contributed by atoms with Gasteiger partial charge in [0.15, 0.2) is 17.1 Å². The first-order chi connectivity index (χ1) is 31.4. The summed E-state index contributed by atoms with van der Waals surface area (Å²) in [6, 6.07) is 14.1. The minimum absolute atomic E-state index is 0.0199. The Hall–Kier alpha value is -4.53. The van der Waals surface area contributed by atoms with Crippen LogP contribution in [0.1, 0.15) is 144 Å². The number of carbonyl (C=O) groups is 8. The lowest BCUT2D eigenvalue weighted by molar-refractivity contribution is -0.175. The van der Waals surface area contributed by atoms with Crippen LogP contribution >= 0.6 is 34.8 Å². The standard InChI is InChI=1S/C25H34ClNO6.C16H19Cl2NO3.C9H16O3/c1-6-16(2)19(15-17(3)28)23(30)32-18(4)33-24(31)27(5)25(14-10-9-13-22(25)29)20-11-7-8-12-21(20)26;1-11(17)22-15(21)19(2)16(10-6-5-9-14(16)20)12-7-3-4-8-13(12)18;1-4-6(2)8(9(11)12)5-7(3)10/h7-8,11-12,16,18-19H,6,9-10,13-15H2,1-5H3;3-4,7-8,11H,5-6,9-10H2,1-2H3;6,8H,4-5H2,1-3H3,(H,11,12)/t16?,18?,19-,25-;11?,16-;6?,8-/m000/s1. The normalized spacial score (nSPS) is 20.6. The van der Waals surface area contributed by atoms with Gasteiger partial charge in [0.1, 0.15) is 22.6 Å². The van der Waals surface area contributed by atoms with Crippen molar-refractivity contribution in [3.8, 4) is 0 Å². The molecular weight excluding hydrogens is 927 g/mol. The maximum Gasteiger partial charge on any atom is 0.413 e. The van der Waals surface area contributed by atoms with Crippen LogP contribution in [-0.2, 0) is 54.1 Å². The molecule has 14 nitrogen and oxygen atoms in total. The van der Waals surface area contributed by atoms with Gasteiger partial charge in [-0.1, -0.05) is 112 Å². The highest BCUT2D eigenvalue weighted by Gasteiger charge is 2.50. The number of Topliss-reactive ketones (excluding diaryl/α,β-unsaturated/α-hetero) is 4. The number of benzene rings is 2. The number of amides is 2. The van der Waals surface area contributed by atoms with Crippen LogP contribution in [0.5, 0.6) is 0 Å². The summed E-state index contributed by atoms with van der Waals surface area (Å²) in [6.07, 6.45) is 3.96. The van der Waals surface area contributed by atoms with E-state index in [0.717, 1.165) is 32.1 Å². The minimum atomic E-state index is -1.24. The summed E-state index contributed by atoms with van der Waals surface area (Å²) in [7, 11) is 3.06. The van der Waals surface area contributed by atoms with Gasteiger partial charge in [0.2, 0.25) is 6.29 Å². The molecule has 2 saturated carbocycles. The zero-order chi connectivity index (χ0) is 50.8. The predicted octanol–water partition coefficient (Wildman–Crippen LogP) is 11.3. The molecule has 2 aromatic rings. The van der Waals surface area contributed by atoms with Crippen LogP contribution in [0.25, 0.3) is 0 Å². The van der Waals surface area contributed by atoms with Gasteiger partial charge >= 0.3 is 24.1 Å². The number of rotatable bonds is 17. The van der Waals surface area contributed by atoms with E-state index in [-0.39, 0.29) is 47.8 Å². The number of nitrogens with zero attached hydrogens (tertiary/aromatic N) is 2. The van der Waals surface area contributed by atoms with Crippen molar-refractivity contribution in [3.05, 3.63) is 69.7 Å². The Morgan fingerprint density at radius 3 is 1.39 bits per heavy atom. The second-order valence-electron chi connectivity index (χ2n) is 17.5. The van der Waals surface area contributed by atoms with Gasteiger partial charge in [0.25, 0.3) is 0 Å². The molecule has 67 heavy (non-hydrogen) atoms. The summed E-state index contributed by atoms with van der Waals surface area (Å²) in [5.74, 6) is -2.84. The number of ether oxygens (including phenoxy) is 3. The van der Waals surface area contributed by atoms with Crippen molar-refractivity contribution >= 4 is 82.1 Å². The second kappa shape index (κ2) is 27.5. The van der Waals surface area contributed by atoms with Crippen molar-refractivity contribution in [3.63, 3.8) is 0 Å². The third-order valence-corrected chi connectivity index (χ3v) is 13.5. The summed E-state index contributed by atoms with van der Waals surface area (Å²) in [5.41, 5.74) is -1.90. The van der Waals surface area contributed by atoms with Crippen molar-refractivity contribution < 1.29 is 57.7 Å². The Morgan fingerprint density at radius 2 is 1.03 bits per heavy atom. The van der Waals surface area contributed by atoms with E-state index >= 15 is 0 Å². The molecule has 4 rings (SSSR count). The van der Waals surface area contributed by atoms with Gasteiger partial charge in [-0.05, 0) is 83.3 Å². The molecule has 0 radical (unpaired) electrons. The summed E-state index contributed by atoms with van der Waals surface area (Å²) in [5, 5.41) is 9.64. The molecule has 4 unspecified atom stereocenters. The lowest BCUT2D eigenvalue weighted by Gasteiger charge is -2.43. The molecule has 0 aromatic heterocycles. The van der Waals surface area contributed by atoms with E-state index in [2.05, 4.69) is 0 Å². The number of aliphatic carboxylic acids is 1. The Balaban J connectivity index is 0.000000388. The molecule has 0 spiro atoms. The van der Waals surface area contributed by atoms with Gasteiger partial charge in [-0.2, -0.15) is 0 Å². The topological polar surface area (TPSA) is 191 Å². The molecular formula is C50H69Cl3N2O12. The van der Waals surface area contributed by atoms with E-state index in [1.165, 1.54) is 37.6 Å². The molecule has 0 aliphatic heterocycles. The fourth-order valence-electron chi connectivity index (χ4n) is 8.52. The molecule has 2 aliphatic rings. The van der Waals surface area contributed by atoms with Gasteiger partial charge in [-0.25, -0.2) is 9.59 Å². The Labute approximate surface area is 410 Å². The lowest BCUT2D eigenvalue weighted by Crippen LogP contribution is -2.55. The van der Waals surface area contributed by atoms with Crippen LogP contribution in [0.3, 0.4) is 0 Å². The Bertz CT molecular complexity index is 2050. The Kier molecular flexibility index (Phi) is 24.0. The maximum atomic E-state index is 13.2. The van der Waals surface area contributed by atoms with Gasteiger partial charge in [0, 0.05) is 67.9 Å². The molecule has 1 N–H and O–H groups in total.